The van der Waals surface area contributed by atoms with Gasteiger partial charge in [-0.15, -0.1) is 0 Å². The van der Waals surface area contributed by atoms with Crippen LogP contribution < -0.4 is 10.6 Å². The molecule has 2 N–H and O–H groups in total. The maximum absolute atomic E-state index is 12.4. The van der Waals surface area contributed by atoms with Gasteiger partial charge in [0.05, 0.1) is 0 Å². The molecule has 110 valence electrons. The molecule has 0 saturated heterocycles. The predicted molar refractivity (Wildman–Crippen MR) is 84.0 cm³/mol. The van der Waals surface area contributed by atoms with Gasteiger partial charge in [0.2, 0.25) is 0 Å². The first-order valence-electron chi connectivity index (χ1n) is 6.87. The Morgan fingerprint density at radius 1 is 1.10 bits per heavy atom. The third-order valence-electron chi connectivity index (χ3n) is 3.22. The highest BCUT2D eigenvalue weighted by Crippen LogP contribution is 2.21. The van der Waals surface area contributed by atoms with Crippen LogP contribution >= 0.6 is 0 Å². The number of methoxy groups -OCH3 is 1. The summed E-state index contributed by atoms with van der Waals surface area (Å²) in [7, 11) is 3.41. The molecule has 0 radical (unpaired) electrons. The van der Waals surface area contributed by atoms with Gasteiger partial charge in [0.1, 0.15) is 0 Å². The number of anilines is 1. The van der Waals surface area contributed by atoms with Crippen LogP contribution in [0.5, 0.6) is 0 Å². The van der Waals surface area contributed by atoms with Gasteiger partial charge < -0.3 is 15.4 Å². The third-order valence-corrected chi connectivity index (χ3v) is 3.22. The van der Waals surface area contributed by atoms with Crippen molar-refractivity contribution in [3.8, 4) is 0 Å². The fraction of sp³-hybridized carbons (Fsp3) is 0.235. The van der Waals surface area contributed by atoms with Gasteiger partial charge in [-0.3, -0.25) is 4.79 Å². The molecule has 0 aromatic heterocycles. The fourth-order valence-corrected chi connectivity index (χ4v) is 2.21. The van der Waals surface area contributed by atoms with Gasteiger partial charge in [-0.05, 0) is 24.2 Å². The Kier molecular flexibility index (Phi) is 5.49. The first-order chi connectivity index (χ1) is 10.3. The smallest absolute Gasteiger partial charge is 0.258 e. The van der Waals surface area contributed by atoms with E-state index in [1.165, 1.54) is 7.11 Å². The quantitative estimate of drug-likeness (QED) is 0.857. The second kappa shape index (κ2) is 7.57. The highest BCUT2D eigenvalue weighted by Gasteiger charge is 2.20. The average molecular weight is 284 g/mol. The molecule has 2 rings (SSSR count). The molecule has 0 saturated carbocycles. The van der Waals surface area contributed by atoms with Crippen LogP contribution in [-0.4, -0.2) is 20.1 Å². The van der Waals surface area contributed by atoms with Gasteiger partial charge in [-0.1, -0.05) is 48.5 Å². The Balaban J connectivity index is 2.17. The lowest BCUT2D eigenvalue weighted by Gasteiger charge is -2.17. The van der Waals surface area contributed by atoms with Crippen molar-refractivity contribution in [1.82, 2.24) is 5.32 Å². The van der Waals surface area contributed by atoms with E-state index in [1.807, 2.05) is 61.6 Å². The normalized spacial score (nSPS) is 11.9. The second-order valence-electron chi connectivity index (χ2n) is 4.70. The molecule has 1 atom stereocenters. The molecule has 21 heavy (non-hydrogen) atoms. The largest absolute Gasteiger partial charge is 0.367 e. The Bertz CT molecular complexity index is 584. The van der Waals surface area contributed by atoms with Gasteiger partial charge in [-0.2, -0.15) is 0 Å². The number of para-hydroxylation sites is 1. The van der Waals surface area contributed by atoms with Crippen molar-refractivity contribution >= 4 is 11.6 Å². The number of amides is 1. The van der Waals surface area contributed by atoms with Crippen LogP contribution in [0.15, 0.2) is 54.6 Å². The summed E-state index contributed by atoms with van der Waals surface area (Å²) in [4.78, 5) is 12.4. The molecule has 4 heteroatoms. The standard InChI is InChI=1S/C17H20N2O2/c1-18-12-14-10-6-7-11-15(14)19-17(20)16(21-2)13-8-4-3-5-9-13/h3-11,16,18H,12H2,1-2H3,(H,19,20). The van der Waals surface area contributed by atoms with Crippen LogP contribution in [0.2, 0.25) is 0 Å². The number of rotatable bonds is 6. The molecule has 2 aromatic rings. The third kappa shape index (κ3) is 3.90. The van der Waals surface area contributed by atoms with Crippen molar-refractivity contribution in [1.29, 1.82) is 0 Å². The fourth-order valence-electron chi connectivity index (χ4n) is 2.21. The van der Waals surface area contributed by atoms with Crippen molar-refractivity contribution < 1.29 is 9.53 Å². The molecular formula is C17H20N2O2. The zero-order chi connectivity index (χ0) is 15.1. The molecule has 4 nitrogen and oxygen atoms in total. The molecule has 1 unspecified atom stereocenters. The zero-order valence-electron chi connectivity index (χ0n) is 12.3. The SMILES string of the molecule is CNCc1ccccc1NC(=O)C(OC)c1ccccc1. The van der Waals surface area contributed by atoms with E-state index < -0.39 is 6.10 Å². The maximum atomic E-state index is 12.4. The average Bonchev–Trinajstić information content (AvgIpc) is 2.51. The van der Waals surface area contributed by atoms with E-state index in [0.717, 1.165) is 16.8 Å². The number of carbonyl (C=O) groups is 1. The van der Waals surface area contributed by atoms with Crippen molar-refractivity contribution in [2.75, 3.05) is 19.5 Å². The molecule has 0 bridgehead atoms. The molecule has 0 heterocycles. The molecule has 0 spiro atoms. The molecule has 1 amide bonds. The lowest BCUT2D eigenvalue weighted by atomic mass is 10.1. The van der Waals surface area contributed by atoms with E-state index in [0.29, 0.717) is 6.54 Å². The predicted octanol–water partition coefficient (Wildman–Crippen LogP) is 2.73. The highest BCUT2D eigenvalue weighted by molar-refractivity contribution is 5.95. The Labute approximate surface area is 125 Å². The number of hydrogen-bond donors (Lipinski definition) is 2. The van der Waals surface area contributed by atoms with Crippen molar-refractivity contribution in [2.24, 2.45) is 0 Å². The van der Waals surface area contributed by atoms with Gasteiger partial charge in [0.25, 0.3) is 5.91 Å². The maximum Gasteiger partial charge on any atom is 0.258 e. The monoisotopic (exact) mass is 284 g/mol. The molecular weight excluding hydrogens is 264 g/mol. The summed E-state index contributed by atoms with van der Waals surface area (Å²) < 4.78 is 5.34. The minimum atomic E-state index is -0.617. The first-order valence-corrected chi connectivity index (χ1v) is 6.87. The van der Waals surface area contributed by atoms with Gasteiger partial charge in [-0.25, -0.2) is 0 Å². The van der Waals surface area contributed by atoms with E-state index in [-0.39, 0.29) is 5.91 Å². The van der Waals surface area contributed by atoms with E-state index in [1.54, 1.807) is 0 Å². The van der Waals surface area contributed by atoms with Crippen LogP contribution in [0.3, 0.4) is 0 Å². The van der Waals surface area contributed by atoms with Crippen LogP contribution in [0.4, 0.5) is 5.69 Å². The summed E-state index contributed by atoms with van der Waals surface area (Å²) in [5.41, 5.74) is 2.68. The van der Waals surface area contributed by atoms with Crippen LogP contribution in [0.25, 0.3) is 0 Å². The van der Waals surface area contributed by atoms with E-state index in [4.69, 9.17) is 4.74 Å². The lowest BCUT2D eigenvalue weighted by Crippen LogP contribution is -2.23. The Hall–Kier alpha value is -2.17. The van der Waals surface area contributed by atoms with Crippen molar-refractivity contribution in [3.63, 3.8) is 0 Å². The van der Waals surface area contributed by atoms with Gasteiger partial charge >= 0.3 is 0 Å². The topological polar surface area (TPSA) is 50.4 Å². The van der Waals surface area contributed by atoms with E-state index >= 15 is 0 Å². The summed E-state index contributed by atoms with van der Waals surface area (Å²) in [5, 5.41) is 6.03. The van der Waals surface area contributed by atoms with Crippen LogP contribution in [0, 0.1) is 0 Å². The van der Waals surface area contributed by atoms with Crippen LogP contribution in [-0.2, 0) is 16.1 Å². The summed E-state index contributed by atoms with van der Waals surface area (Å²) in [6.45, 7) is 0.694. The van der Waals surface area contributed by atoms with Gasteiger partial charge in [0, 0.05) is 19.3 Å². The number of nitrogens with one attached hydrogen (secondary N) is 2. The molecule has 0 fully saturated rings. The van der Waals surface area contributed by atoms with Crippen LogP contribution in [0.1, 0.15) is 17.2 Å². The van der Waals surface area contributed by atoms with E-state index in [2.05, 4.69) is 10.6 Å². The van der Waals surface area contributed by atoms with Crippen molar-refractivity contribution in [2.45, 2.75) is 12.6 Å². The lowest BCUT2D eigenvalue weighted by molar-refractivity contribution is -0.126. The number of benzene rings is 2. The summed E-state index contributed by atoms with van der Waals surface area (Å²) >= 11 is 0. The zero-order valence-corrected chi connectivity index (χ0v) is 12.3. The number of carbonyl (C=O) groups excluding carboxylic acids is 1. The molecule has 2 aromatic carbocycles. The highest BCUT2D eigenvalue weighted by atomic mass is 16.5. The van der Waals surface area contributed by atoms with Gasteiger partial charge in [0.15, 0.2) is 6.10 Å². The van der Waals surface area contributed by atoms with E-state index in [9.17, 15) is 4.79 Å². The van der Waals surface area contributed by atoms with Crippen molar-refractivity contribution in [3.05, 3.63) is 65.7 Å². The first kappa shape index (κ1) is 15.2. The number of ether oxygens (including phenoxy) is 1. The number of hydrogen-bond acceptors (Lipinski definition) is 3. The minimum absolute atomic E-state index is 0.174. The summed E-state index contributed by atoms with van der Waals surface area (Å²) in [6.07, 6.45) is -0.617. The summed E-state index contributed by atoms with van der Waals surface area (Å²) in [5.74, 6) is -0.174. The minimum Gasteiger partial charge on any atom is -0.367 e. The Morgan fingerprint density at radius 2 is 1.76 bits per heavy atom. The summed E-state index contributed by atoms with van der Waals surface area (Å²) in [6, 6.07) is 17.2. The molecule has 0 aliphatic carbocycles. The molecule has 0 aliphatic heterocycles. The Morgan fingerprint density at radius 3 is 2.43 bits per heavy atom. The second-order valence-corrected chi connectivity index (χ2v) is 4.70. The molecule has 0 aliphatic rings.